The van der Waals surface area contributed by atoms with Crippen molar-refractivity contribution in [2.45, 2.75) is 20.0 Å². The first-order valence-electron chi connectivity index (χ1n) is 7.58. The number of aryl methyl sites for hydroxylation is 1. The number of anilines is 1. The van der Waals surface area contributed by atoms with Crippen molar-refractivity contribution in [1.29, 1.82) is 0 Å². The lowest BCUT2D eigenvalue weighted by atomic mass is 10.1. The lowest BCUT2D eigenvalue weighted by molar-refractivity contribution is 0.476. The summed E-state index contributed by atoms with van der Waals surface area (Å²) in [5, 5.41) is 6.47. The van der Waals surface area contributed by atoms with Crippen molar-refractivity contribution in [2.24, 2.45) is 4.99 Å². The first kappa shape index (κ1) is 17.3. The molecule has 0 aliphatic rings. The molecule has 0 spiro atoms. The zero-order chi connectivity index (χ0) is 16.8. The first-order chi connectivity index (χ1) is 11.0. The van der Waals surface area contributed by atoms with Crippen LogP contribution >= 0.6 is 11.3 Å². The first-order valence-corrected chi connectivity index (χ1v) is 8.46. The molecule has 2 aromatic rings. The quantitative estimate of drug-likeness (QED) is 0.676. The number of benzene rings is 1. The molecular weight excluding hydrogens is 306 g/mol. The number of hydrogen-bond acceptors (Lipinski definition) is 4. The van der Waals surface area contributed by atoms with Gasteiger partial charge in [-0.25, -0.2) is 4.98 Å². The number of guanidine groups is 1. The van der Waals surface area contributed by atoms with Crippen molar-refractivity contribution in [2.75, 3.05) is 33.1 Å². The molecule has 0 saturated carbocycles. The standard InChI is InChI=1S/C17H25N5S/c1-13-6-8-14(9-7-13)11-22(5)16(18-2)19-10-15-12-23-17(20-15)21(3)4/h6-9,12H,10-11H2,1-5H3,(H,18,19). The molecule has 0 atom stereocenters. The normalized spacial score (nSPS) is 11.4. The van der Waals surface area contributed by atoms with E-state index in [0.29, 0.717) is 6.54 Å². The second-order valence-electron chi connectivity index (χ2n) is 5.76. The second kappa shape index (κ2) is 7.97. The molecular formula is C17H25N5S. The molecule has 1 N–H and O–H groups in total. The van der Waals surface area contributed by atoms with Gasteiger partial charge in [-0.1, -0.05) is 29.8 Å². The fourth-order valence-corrected chi connectivity index (χ4v) is 2.94. The Balaban J connectivity index is 1.92. The Morgan fingerprint density at radius 1 is 1.22 bits per heavy atom. The number of aliphatic imine (C=N–C) groups is 1. The van der Waals surface area contributed by atoms with Gasteiger partial charge in [-0.15, -0.1) is 11.3 Å². The molecule has 1 heterocycles. The van der Waals surface area contributed by atoms with Gasteiger partial charge in [-0.3, -0.25) is 4.99 Å². The van der Waals surface area contributed by atoms with Gasteiger partial charge in [0.25, 0.3) is 0 Å². The van der Waals surface area contributed by atoms with Crippen LogP contribution in [0.15, 0.2) is 34.6 Å². The van der Waals surface area contributed by atoms with Gasteiger partial charge in [0.1, 0.15) is 0 Å². The highest BCUT2D eigenvalue weighted by Crippen LogP contribution is 2.17. The van der Waals surface area contributed by atoms with Crippen molar-refractivity contribution in [3.05, 3.63) is 46.5 Å². The highest BCUT2D eigenvalue weighted by Gasteiger charge is 2.08. The fourth-order valence-electron chi connectivity index (χ4n) is 2.18. The number of nitrogens with one attached hydrogen (secondary N) is 1. The summed E-state index contributed by atoms with van der Waals surface area (Å²) in [6.45, 7) is 3.60. The van der Waals surface area contributed by atoms with Crippen LogP contribution in [0.1, 0.15) is 16.8 Å². The minimum atomic E-state index is 0.676. The Hall–Kier alpha value is -2.08. The van der Waals surface area contributed by atoms with E-state index in [0.717, 1.165) is 23.3 Å². The SMILES string of the molecule is CN=C(NCc1csc(N(C)C)n1)N(C)Cc1ccc(C)cc1. The zero-order valence-corrected chi connectivity index (χ0v) is 15.3. The summed E-state index contributed by atoms with van der Waals surface area (Å²) in [6, 6.07) is 8.58. The van der Waals surface area contributed by atoms with E-state index in [1.165, 1.54) is 11.1 Å². The van der Waals surface area contributed by atoms with Crippen LogP contribution in [0.2, 0.25) is 0 Å². The van der Waals surface area contributed by atoms with Gasteiger partial charge in [-0.2, -0.15) is 0 Å². The summed E-state index contributed by atoms with van der Waals surface area (Å²) in [6.07, 6.45) is 0. The molecule has 5 nitrogen and oxygen atoms in total. The smallest absolute Gasteiger partial charge is 0.194 e. The van der Waals surface area contributed by atoms with E-state index in [2.05, 4.69) is 56.8 Å². The molecule has 0 bridgehead atoms. The third-order valence-corrected chi connectivity index (χ3v) is 4.52. The fraction of sp³-hybridized carbons (Fsp3) is 0.412. The Bertz CT molecular complexity index is 645. The molecule has 0 aliphatic heterocycles. The van der Waals surface area contributed by atoms with Gasteiger partial charge in [0, 0.05) is 40.1 Å². The molecule has 0 saturated heterocycles. The maximum Gasteiger partial charge on any atom is 0.194 e. The highest BCUT2D eigenvalue weighted by molar-refractivity contribution is 7.13. The van der Waals surface area contributed by atoms with Gasteiger partial charge >= 0.3 is 0 Å². The highest BCUT2D eigenvalue weighted by atomic mass is 32.1. The predicted molar refractivity (Wildman–Crippen MR) is 99.3 cm³/mol. The van der Waals surface area contributed by atoms with Crippen LogP contribution in [0.4, 0.5) is 5.13 Å². The number of hydrogen-bond donors (Lipinski definition) is 1. The molecule has 124 valence electrons. The molecule has 0 radical (unpaired) electrons. The summed E-state index contributed by atoms with van der Waals surface area (Å²) in [5.74, 6) is 0.866. The average Bonchev–Trinajstić information content (AvgIpc) is 2.99. The van der Waals surface area contributed by atoms with Crippen molar-refractivity contribution >= 4 is 22.4 Å². The van der Waals surface area contributed by atoms with Crippen molar-refractivity contribution in [3.63, 3.8) is 0 Å². The van der Waals surface area contributed by atoms with Gasteiger partial charge in [0.15, 0.2) is 11.1 Å². The minimum Gasteiger partial charge on any atom is -0.354 e. The number of aromatic nitrogens is 1. The largest absolute Gasteiger partial charge is 0.354 e. The van der Waals surface area contributed by atoms with E-state index in [9.17, 15) is 0 Å². The van der Waals surface area contributed by atoms with Gasteiger partial charge in [0.2, 0.25) is 0 Å². The number of nitrogens with zero attached hydrogens (tertiary/aromatic N) is 4. The van der Waals surface area contributed by atoms with Crippen molar-refractivity contribution in [1.82, 2.24) is 15.2 Å². The lowest BCUT2D eigenvalue weighted by Gasteiger charge is -2.22. The van der Waals surface area contributed by atoms with E-state index in [4.69, 9.17) is 0 Å². The third kappa shape index (κ3) is 4.96. The maximum atomic E-state index is 4.58. The molecule has 23 heavy (non-hydrogen) atoms. The summed E-state index contributed by atoms with van der Waals surface area (Å²) >= 11 is 1.65. The predicted octanol–water partition coefficient (Wildman–Crippen LogP) is 2.72. The van der Waals surface area contributed by atoms with Crippen LogP contribution in [0.25, 0.3) is 0 Å². The van der Waals surface area contributed by atoms with E-state index < -0.39 is 0 Å². The van der Waals surface area contributed by atoms with E-state index in [-0.39, 0.29) is 0 Å². The second-order valence-corrected chi connectivity index (χ2v) is 6.59. The molecule has 0 fully saturated rings. The summed E-state index contributed by atoms with van der Waals surface area (Å²) in [4.78, 5) is 13.1. The zero-order valence-electron chi connectivity index (χ0n) is 14.5. The van der Waals surface area contributed by atoms with E-state index >= 15 is 0 Å². The molecule has 2 rings (SSSR count). The number of rotatable bonds is 5. The van der Waals surface area contributed by atoms with Crippen molar-refractivity contribution in [3.8, 4) is 0 Å². The topological polar surface area (TPSA) is 43.8 Å². The summed E-state index contributed by atoms with van der Waals surface area (Å²) < 4.78 is 0. The summed E-state index contributed by atoms with van der Waals surface area (Å²) in [5.41, 5.74) is 3.58. The van der Waals surface area contributed by atoms with Crippen LogP contribution in [0.5, 0.6) is 0 Å². The van der Waals surface area contributed by atoms with E-state index in [1.807, 2.05) is 26.0 Å². The van der Waals surface area contributed by atoms with Crippen LogP contribution in [-0.2, 0) is 13.1 Å². The number of thiazole rings is 1. The molecule has 0 aliphatic carbocycles. The Morgan fingerprint density at radius 2 is 1.91 bits per heavy atom. The molecule has 1 aromatic heterocycles. The van der Waals surface area contributed by atoms with E-state index in [1.54, 1.807) is 18.4 Å². The molecule has 0 amide bonds. The van der Waals surface area contributed by atoms with Crippen LogP contribution in [0.3, 0.4) is 0 Å². The van der Waals surface area contributed by atoms with Crippen molar-refractivity contribution < 1.29 is 0 Å². The van der Waals surface area contributed by atoms with Gasteiger partial charge in [-0.05, 0) is 12.5 Å². The van der Waals surface area contributed by atoms with Crippen LogP contribution in [-0.4, -0.2) is 44.0 Å². The summed E-state index contributed by atoms with van der Waals surface area (Å²) in [7, 11) is 7.86. The lowest BCUT2D eigenvalue weighted by Crippen LogP contribution is -2.38. The molecule has 0 unspecified atom stereocenters. The monoisotopic (exact) mass is 331 g/mol. The maximum absolute atomic E-state index is 4.58. The Kier molecular flexibility index (Phi) is 5.98. The van der Waals surface area contributed by atoms with Crippen LogP contribution in [0, 0.1) is 6.92 Å². The minimum absolute atomic E-state index is 0.676. The van der Waals surface area contributed by atoms with Gasteiger partial charge in [0.05, 0.1) is 12.2 Å². The average molecular weight is 331 g/mol. The Labute approximate surface area is 142 Å². The van der Waals surface area contributed by atoms with Gasteiger partial charge < -0.3 is 15.1 Å². The Morgan fingerprint density at radius 3 is 2.48 bits per heavy atom. The molecule has 1 aromatic carbocycles. The third-order valence-electron chi connectivity index (χ3n) is 3.46. The molecule has 6 heteroatoms. The van der Waals surface area contributed by atoms with Crippen LogP contribution < -0.4 is 10.2 Å².